The van der Waals surface area contributed by atoms with Gasteiger partial charge in [-0.1, -0.05) is 72.8 Å². The molecule has 0 fully saturated rings. The van der Waals surface area contributed by atoms with Gasteiger partial charge in [-0.05, 0) is 66.4 Å². The Morgan fingerprint density at radius 3 is 2.27 bits per heavy atom. The molecule has 0 radical (unpaired) electrons. The molecule has 5 aromatic rings. The first-order chi connectivity index (χ1) is 21.9. The molecule has 226 valence electrons. The van der Waals surface area contributed by atoms with Gasteiger partial charge < -0.3 is 25.4 Å². The van der Waals surface area contributed by atoms with Crippen molar-refractivity contribution in [3.8, 4) is 17.4 Å². The molecule has 0 aliphatic heterocycles. The second kappa shape index (κ2) is 14.5. The fourth-order valence-electron chi connectivity index (χ4n) is 4.50. The topological polar surface area (TPSA) is 114 Å². The summed E-state index contributed by atoms with van der Waals surface area (Å²) in [6.07, 6.45) is 4.57. The summed E-state index contributed by atoms with van der Waals surface area (Å²) in [6, 6.07) is 30.1. The number of aromatic nitrogens is 2. The van der Waals surface area contributed by atoms with Crippen molar-refractivity contribution < 1.29 is 19.1 Å². The molecule has 0 bridgehead atoms. The van der Waals surface area contributed by atoms with Gasteiger partial charge in [-0.3, -0.25) is 9.59 Å². The molecule has 1 heterocycles. The van der Waals surface area contributed by atoms with Gasteiger partial charge in [0.05, 0.1) is 7.11 Å². The Balaban J connectivity index is 1.38. The molecule has 0 aliphatic carbocycles. The number of ether oxygens (including phenoxy) is 2. The Hall–Kier alpha value is -5.96. The zero-order valence-electron chi connectivity index (χ0n) is 25.2. The SMILES string of the molecule is COc1cc(C=CC(=O)NCc2ccccc2)ccc1Oc1nc(Nc2ccccc2)ncc1C(=O)Nc1c(C)cccc1C. The summed E-state index contributed by atoms with van der Waals surface area (Å²) < 4.78 is 11.8. The third kappa shape index (κ3) is 8.11. The van der Waals surface area contributed by atoms with E-state index in [1.54, 1.807) is 24.3 Å². The number of aryl methyl sites for hydroxylation is 2. The van der Waals surface area contributed by atoms with Gasteiger partial charge in [-0.2, -0.15) is 4.98 Å². The average Bonchev–Trinajstić information content (AvgIpc) is 3.06. The van der Waals surface area contributed by atoms with Crippen LogP contribution in [0.5, 0.6) is 17.4 Å². The van der Waals surface area contributed by atoms with E-state index in [1.165, 1.54) is 19.4 Å². The lowest BCUT2D eigenvalue weighted by Gasteiger charge is -2.16. The zero-order valence-corrected chi connectivity index (χ0v) is 25.2. The molecule has 0 unspecified atom stereocenters. The molecule has 2 amide bonds. The van der Waals surface area contributed by atoms with Crippen LogP contribution in [0.15, 0.2) is 109 Å². The minimum atomic E-state index is -0.423. The van der Waals surface area contributed by atoms with Crippen LogP contribution in [0.1, 0.15) is 32.6 Å². The van der Waals surface area contributed by atoms with Crippen molar-refractivity contribution in [2.45, 2.75) is 20.4 Å². The summed E-state index contributed by atoms with van der Waals surface area (Å²) in [4.78, 5) is 34.8. The number of benzene rings is 4. The summed E-state index contributed by atoms with van der Waals surface area (Å²) in [5, 5.41) is 8.98. The first-order valence-corrected chi connectivity index (χ1v) is 14.3. The number of para-hydroxylation sites is 2. The predicted octanol–water partition coefficient (Wildman–Crippen LogP) is 7.22. The molecule has 0 atom stereocenters. The van der Waals surface area contributed by atoms with Gasteiger partial charge >= 0.3 is 0 Å². The maximum Gasteiger partial charge on any atom is 0.262 e. The van der Waals surface area contributed by atoms with E-state index in [0.29, 0.717) is 23.7 Å². The fraction of sp³-hybridized carbons (Fsp3) is 0.111. The zero-order chi connectivity index (χ0) is 31.6. The second-order valence-corrected chi connectivity index (χ2v) is 10.2. The summed E-state index contributed by atoms with van der Waals surface area (Å²) in [7, 11) is 1.51. The molecule has 1 aromatic heterocycles. The molecule has 0 spiro atoms. The van der Waals surface area contributed by atoms with Crippen molar-refractivity contribution in [1.82, 2.24) is 15.3 Å². The van der Waals surface area contributed by atoms with Crippen LogP contribution in [-0.2, 0) is 11.3 Å². The van der Waals surface area contributed by atoms with Gasteiger partial charge in [0.1, 0.15) is 5.56 Å². The van der Waals surface area contributed by atoms with E-state index in [-0.39, 0.29) is 23.3 Å². The summed E-state index contributed by atoms with van der Waals surface area (Å²) >= 11 is 0. The van der Waals surface area contributed by atoms with E-state index in [4.69, 9.17) is 9.47 Å². The van der Waals surface area contributed by atoms with Crippen molar-refractivity contribution in [1.29, 1.82) is 0 Å². The highest BCUT2D eigenvalue weighted by molar-refractivity contribution is 6.06. The third-order valence-electron chi connectivity index (χ3n) is 6.88. The first kappa shape index (κ1) is 30.5. The molecule has 9 heteroatoms. The highest BCUT2D eigenvalue weighted by Crippen LogP contribution is 2.34. The molecule has 4 aromatic carbocycles. The predicted molar refractivity (Wildman–Crippen MR) is 176 cm³/mol. The monoisotopic (exact) mass is 599 g/mol. The summed E-state index contributed by atoms with van der Waals surface area (Å²) in [6.45, 7) is 4.29. The number of methoxy groups -OCH3 is 1. The number of hydrogen-bond acceptors (Lipinski definition) is 7. The minimum absolute atomic E-state index is 0.0362. The highest BCUT2D eigenvalue weighted by atomic mass is 16.5. The van der Waals surface area contributed by atoms with E-state index in [0.717, 1.165) is 27.9 Å². The Morgan fingerprint density at radius 2 is 1.56 bits per heavy atom. The van der Waals surface area contributed by atoms with E-state index < -0.39 is 5.91 Å². The van der Waals surface area contributed by atoms with Gasteiger partial charge in [-0.15, -0.1) is 0 Å². The molecule has 45 heavy (non-hydrogen) atoms. The van der Waals surface area contributed by atoms with E-state index >= 15 is 0 Å². The van der Waals surface area contributed by atoms with Crippen molar-refractivity contribution in [3.63, 3.8) is 0 Å². The number of nitrogens with one attached hydrogen (secondary N) is 3. The fourth-order valence-corrected chi connectivity index (χ4v) is 4.50. The second-order valence-electron chi connectivity index (χ2n) is 10.2. The number of nitrogens with zero attached hydrogens (tertiary/aromatic N) is 2. The van der Waals surface area contributed by atoms with Crippen LogP contribution in [0.4, 0.5) is 17.3 Å². The van der Waals surface area contributed by atoms with Crippen molar-refractivity contribution in [3.05, 3.63) is 137 Å². The Kier molecular flexibility index (Phi) is 9.81. The van der Waals surface area contributed by atoms with Crippen LogP contribution in [0.25, 0.3) is 6.08 Å². The maximum absolute atomic E-state index is 13.5. The van der Waals surface area contributed by atoms with E-state index in [9.17, 15) is 9.59 Å². The lowest BCUT2D eigenvalue weighted by molar-refractivity contribution is -0.116. The molecule has 0 aliphatic rings. The van der Waals surface area contributed by atoms with Crippen molar-refractivity contribution in [2.75, 3.05) is 17.7 Å². The van der Waals surface area contributed by atoms with Gasteiger partial charge in [0.25, 0.3) is 5.91 Å². The van der Waals surface area contributed by atoms with Crippen molar-refractivity contribution >= 4 is 35.2 Å². The molecule has 5 rings (SSSR count). The van der Waals surface area contributed by atoms with Crippen LogP contribution >= 0.6 is 0 Å². The Morgan fingerprint density at radius 1 is 0.844 bits per heavy atom. The quantitative estimate of drug-likeness (QED) is 0.137. The number of carbonyl (C=O) groups is 2. The standard InChI is InChI=1S/C36H33N5O4/c1-24-11-10-12-25(2)33(24)40-34(43)29-23-38-36(39-28-15-8-5-9-16-28)41-35(29)45-30-19-17-26(21-31(30)44-3)18-20-32(42)37-22-27-13-6-4-7-14-27/h4-21,23H,22H2,1-3H3,(H,37,42)(H,40,43)(H,38,39,41). The lowest BCUT2D eigenvalue weighted by atomic mass is 10.1. The normalized spacial score (nSPS) is 10.7. The number of amides is 2. The smallest absolute Gasteiger partial charge is 0.262 e. The largest absolute Gasteiger partial charge is 0.493 e. The molecule has 3 N–H and O–H groups in total. The molecular formula is C36H33N5O4. The van der Waals surface area contributed by atoms with Crippen LogP contribution in [0.3, 0.4) is 0 Å². The van der Waals surface area contributed by atoms with Crippen LogP contribution in [0.2, 0.25) is 0 Å². The molecular weight excluding hydrogens is 566 g/mol. The number of anilines is 3. The number of rotatable bonds is 11. The van der Waals surface area contributed by atoms with E-state index in [1.807, 2.05) is 92.7 Å². The maximum atomic E-state index is 13.5. The third-order valence-corrected chi connectivity index (χ3v) is 6.88. The molecule has 0 saturated carbocycles. The molecule has 9 nitrogen and oxygen atoms in total. The Labute approximate surface area is 262 Å². The van der Waals surface area contributed by atoms with Crippen LogP contribution < -0.4 is 25.4 Å². The van der Waals surface area contributed by atoms with Gasteiger partial charge in [0, 0.05) is 30.2 Å². The summed E-state index contributed by atoms with van der Waals surface area (Å²) in [5.74, 6) is 0.354. The summed E-state index contributed by atoms with van der Waals surface area (Å²) in [5.41, 5.74) is 5.20. The lowest BCUT2D eigenvalue weighted by Crippen LogP contribution is -2.20. The van der Waals surface area contributed by atoms with Crippen LogP contribution in [-0.4, -0.2) is 28.9 Å². The Bertz CT molecular complexity index is 1800. The van der Waals surface area contributed by atoms with Crippen molar-refractivity contribution in [2.24, 2.45) is 0 Å². The first-order valence-electron chi connectivity index (χ1n) is 14.3. The van der Waals surface area contributed by atoms with Crippen LogP contribution in [0, 0.1) is 13.8 Å². The highest BCUT2D eigenvalue weighted by Gasteiger charge is 2.20. The van der Waals surface area contributed by atoms with Gasteiger partial charge in [0.15, 0.2) is 11.5 Å². The molecule has 0 saturated heterocycles. The number of hydrogen-bond donors (Lipinski definition) is 3. The van der Waals surface area contributed by atoms with Gasteiger partial charge in [-0.25, -0.2) is 4.98 Å². The minimum Gasteiger partial charge on any atom is -0.493 e. The van der Waals surface area contributed by atoms with E-state index in [2.05, 4.69) is 25.9 Å². The number of carbonyl (C=O) groups excluding carboxylic acids is 2. The van der Waals surface area contributed by atoms with Gasteiger partial charge in [0.2, 0.25) is 17.7 Å². The average molecular weight is 600 g/mol.